The molecule has 5 aliphatic rings. The Bertz CT molecular complexity index is 2150. The normalized spacial score (nSPS) is 24.6. The highest BCUT2D eigenvalue weighted by Gasteiger charge is 2.64. The maximum Gasteiger partial charge on any atom is 0.255 e. The standard InChI is InChI=1S/C45H51ClN6O6/c1-43(2)41(44(3,4)42(43)58-32-11-13-35(47-5)34(46)23-32)49-38(54)29-8-6-28(7-9-29)24-45(26-57-27-45)16-17-50-18-20-51(21-19-50)31-10-12-33-30(22-31)25-52(40(33)56)36-14-15-37(53)48-39(36)55/h6-13,22-23,36,41-42H,14-21,24-27H2,1-4H3,(H,49,54)(H,48,53,55). The number of amides is 4. The van der Waals surface area contributed by atoms with Crippen LogP contribution in [0.1, 0.15) is 78.8 Å². The molecule has 1 atom stereocenters. The average molecular weight is 807 g/mol. The predicted molar refractivity (Wildman–Crippen MR) is 220 cm³/mol. The van der Waals surface area contributed by atoms with Crippen LogP contribution in [0, 0.1) is 22.8 Å². The summed E-state index contributed by atoms with van der Waals surface area (Å²) in [6.45, 7) is 22.1. The summed E-state index contributed by atoms with van der Waals surface area (Å²) in [6, 6.07) is 18.3. The Morgan fingerprint density at radius 3 is 2.34 bits per heavy atom. The van der Waals surface area contributed by atoms with E-state index in [0.717, 1.165) is 70.0 Å². The highest BCUT2D eigenvalue weighted by Crippen LogP contribution is 2.56. The van der Waals surface area contributed by atoms with Crippen molar-refractivity contribution in [2.75, 3.05) is 50.8 Å². The van der Waals surface area contributed by atoms with Gasteiger partial charge in [-0.05, 0) is 79.4 Å². The van der Waals surface area contributed by atoms with Gasteiger partial charge in [0.05, 0.1) is 24.8 Å². The smallest absolute Gasteiger partial charge is 0.255 e. The quantitative estimate of drug-likeness (QED) is 0.178. The van der Waals surface area contributed by atoms with Crippen molar-refractivity contribution in [1.29, 1.82) is 0 Å². The molecular formula is C45H51ClN6O6. The van der Waals surface area contributed by atoms with E-state index in [4.69, 9.17) is 27.6 Å². The van der Waals surface area contributed by atoms with Gasteiger partial charge in [-0.3, -0.25) is 29.4 Å². The molecule has 8 rings (SSSR count). The molecule has 1 aliphatic carbocycles. The van der Waals surface area contributed by atoms with E-state index in [-0.39, 0.29) is 52.5 Å². The molecule has 0 bridgehead atoms. The second kappa shape index (κ2) is 15.3. The minimum Gasteiger partial charge on any atom is -0.489 e. The number of imide groups is 1. The van der Waals surface area contributed by atoms with Crippen LogP contribution in [0.4, 0.5) is 11.4 Å². The zero-order chi connectivity index (χ0) is 41.0. The van der Waals surface area contributed by atoms with Gasteiger partial charge in [0.25, 0.3) is 11.8 Å². The van der Waals surface area contributed by atoms with Crippen LogP contribution in [-0.4, -0.2) is 97.6 Å². The summed E-state index contributed by atoms with van der Waals surface area (Å²) < 4.78 is 12.2. The van der Waals surface area contributed by atoms with E-state index in [1.165, 1.54) is 5.56 Å². The molecule has 1 unspecified atom stereocenters. The van der Waals surface area contributed by atoms with Crippen LogP contribution < -0.4 is 20.3 Å². The maximum atomic E-state index is 13.5. The third-order valence-corrected chi connectivity index (χ3v) is 13.5. The number of halogens is 1. The number of fused-ring (bicyclic) bond motifs is 1. The van der Waals surface area contributed by atoms with Crippen LogP contribution in [0.15, 0.2) is 60.7 Å². The number of carbonyl (C=O) groups is 4. The summed E-state index contributed by atoms with van der Waals surface area (Å²) in [5.41, 5.74) is 4.22. The Kier molecular flexibility index (Phi) is 10.5. The van der Waals surface area contributed by atoms with E-state index in [1.54, 1.807) is 23.1 Å². The Morgan fingerprint density at radius 1 is 0.983 bits per heavy atom. The average Bonchev–Trinajstić information content (AvgIpc) is 3.51. The zero-order valence-electron chi connectivity index (χ0n) is 33.6. The van der Waals surface area contributed by atoms with Crippen molar-refractivity contribution in [3.05, 3.63) is 99.4 Å². The number of anilines is 1. The molecular weight excluding hydrogens is 756 g/mol. The molecule has 2 N–H and O–H groups in total. The molecule has 4 amide bonds. The fraction of sp³-hybridized carbons (Fsp3) is 0.489. The largest absolute Gasteiger partial charge is 0.489 e. The molecule has 3 aromatic carbocycles. The molecule has 3 aromatic rings. The molecule has 0 radical (unpaired) electrons. The van der Waals surface area contributed by atoms with Crippen molar-refractivity contribution in [1.82, 2.24) is 20.4 Å². The third kappa shape index (κ3) is 7.44. The monoisotopic (exact) mass is 806 g/mol. The number of benzene rings is 3. The summed E-state index contributed by atoms with van der Waals surface area (Å²) in [5.74, 6) is -0.327. The lowest BCUT2D eigenvalue weighted by molar-refractivity contribution is -0.164. The van der Waals surface area contributed by atoms with E-state index in [0.29, 0.717) is 40.6 Å². The first-order valence-corrected chi connectivity index (χ1v) is 20.6. The SMILES string of the molecule is [C-]#[N+]c1ccc(OC2C(C)(C)C(NC(=O)c3ccc(CC4(CCN5CCN(c6ccc7c(c6)CN(C6CCC(=O)NC6=O)C7=O)CC5)COC4)cc3)C2(C)C)cc1Cl. The van der Waals surface area contributed by atoms with Crippen molar-refractivity contribution in [3.8, 4) is 5.75 Å². The Hall–Kier alpha value is -4.96. The number of carbonyl (C=O) groups excluding carboxylic acids is 4. The van der Waals surface area contributed by atoms with Gasteiger partial charge in [-0.2, -0.15) is 0 Å². The fourth-order valence-electron chi connectivity index (χ4n) is 10.1. The van der Waals surface area contributed by atoms with Crippen molar-refractivity contribution < 1.29 is 28.7 Å². The van der Waals surface area contributed by atoms with E-state index < -0.39 is 11.9 Å². The van der Waals surface area contributed by atoms with Gasteiger partial charge in [-0.1, -0.05) is 57.5 Å². The van der Waals surface area contributed by atoms with Crippen LogP contribution in [0.25, 0.3) is 4.85 Å². The van der Waals surface area contributed by atoms with Crippen LogP contribution in [0.2, 0.25) is 5.02 Å². The minimum absolute atomic E-state index is 0.0668. The number of hydrogen-bond donors (Lipinski definition) is 2. The molecule has 13 heteroatoms. The molecule has 4 aliphatic heterocycles. The summed E-state index contributed by atoms with van der Waals surface area (Å²) >= 11 is 6.27. The van der Waals surface area contributed by atoms with Crippen LogP contribution >= 0.6 is 11.6 Å². The number of rotatable bonds is 11. The number of nitrogens with zero attached hydrogens (tertiary/aromatic N) is 4. The lowest BCUT2D eigenvalue weighted by Crippen LogP contribution is -2.74. The third-order valence-electron chi connectivity index (χ3n) is 13.2. The van der Waals surface area contributed by atoms with Gasteiger partial charge in [0.15, 0.2) is 0 Å². The van der Waals surface area contributed by atoms with Crippen LogP contribution in [-0.2, 0) is 27.3 Å². The van der Waals surface area contributed by atoms with Crippen LogP contribution in [0.3, 0.4) is 0 Å². The highest BCUT2D eigenvalue weighted by molar-refractivity contribution is 6.33. The molecule has 3 saturated heterocycles. The number of piperidine rings is 1. The van der Waals surface area contributed by atoms with Gasteiger partial charge in [0, 0.05) is 78.2 Å². The highest BCUT2D eigenvalue weighted by atomic mass is 35.5. The Labute approximate surface area is 345 Å². The van der Waals surface area contributed by atoms with Gasteiger partial charge in [0.2, 0.25) is 17.5 Å². The second-order valence-corrected chi connectivity index (χ2v) is 18.4. The predicted octanol–water partition coefficient (Wildman–Crippen LogP) is 6.04. The van der Waals surface area contributed by atoms with E-state index in [2.05, 4.69) is 71.2 Å². The number of piperazine rings is 1. The summed E-state index contributed by atoms with van der Waals surface area (Å²) in [5, 5.41) is 6.03. The van der Waals surface area contributed by atoms with E-state index >= 15 is 0 Å². The van der Waals surface area contributed by atoms with Crippen molar-refractivity contribution >= 4 is 46.6 Å². The van der Waals surface area contributed by atoms with Crippen molar-refractivity contribution in [2.24, 2.45) is 16.2 Å². The van der Waals surface area contributed by atoms with Gasteiger partial charge < -0.3 is 24.6 Å². The molecule has 1 saturated carbocycles. The summed E-state index contributed by atoms with van der Waals surface area (Å²) in [4.78, 5) is 60.7. The number of hydrogen-bond acceptors (Lipinski definition) is 8. The van der Waals surface area contributed by atoms with Gasteiger partial charge >= 0.3 is 0 Å². The molecule has 12 nitrogen and oxygen atoms in total. The summed E-state index contributed by atoms with van der Waals surface area (Å²) in [6.07, 6.45) is 2.34. The van der Waals surface area contributed by atoms with E-state index in [9.17, 15) is 19.2 Å². The first-order valence-electron chi connectivity index (χ1n) is 20.2. The van der Waals surface area contributed by atoms with Crippen LogP contribution in [0.5, 0.6) is 5.75 Å². The lowest BCUT2D eigenvalue weighted by atomic mass is 9.49. The lowest BCUT2D eigenvalue weighted by Gasteiger charge is -2.63. The maximum absolute atomic E-state index is 13.5. The Morgan fingerprint density at radius 2 is 1.71 bits per heavy atom. The fourth-order valence-corrected chi connectivity index (χ4v) is 10.3. The van der Waals surface area contributed by atoms with Gasteiger partial charge in [-0.15, -0.1) is 0 Å². The molecule has 0 spiro atoms. The topological polar surface area (TPSA) is 125 Å². The first kappa shape index (κ1) is 39.8. The minimum atomic E-state index is -0.613. The number of nitrogens with one attached hydrogen (secondary N) is 2. The van der Waals surface area contributed by atoms with Crippen molar-refractivity contribution in [3.63, 3.8) is 0 Å². The molecule has 4 heterocycles. The first-order chi connectivity index (χ1) is 27.7. The zero-order valence-corrected chi connectivity index (χ0v) is 34.4. The second-order valence-electron chi connectivity index (χ2n) is 18.0. The number of ether oxygens (including phenoxy) is 2. The van der Waals surface area contributed by atoms with Gasteiger partial charge in [-0.25, -0.2) is 4.85 Å². The van der Waals surface area contributed by atoms with E-state index in [1.807, 2.05) is 24.3 Å². The summed E-state index contributed by atoms with van der Waals surface area (Å²) in [7, 11) is 0. The molecule has 304 valence electrons. The van der Waals surface area contributed by atoms with Gasteiger partial charge in [0.1, 0.15) is 17.9 Å². The molecule has 58 heavy (non-hydrogen) atoms. The molecule has 4 fully saturated rings. The molecule has 0 aromatic heterocycles. The van der Waals surface area contributed by atoms with Crippen molar-refractivity contribution in [2.45, 2.75) is 78.1 Å². The Balaban J connectivity index is 0.810.